The molecule has 3 aliphatic rings. The zero-order chi connectivity index (χ0) is 12.2. The van der Waals surface area contributed by atoms with Gasteiger partial charge in [0.05, 0.1) is 12.7 Å². The second-order valence-corrected chi connectivity index (χ2v) is 4.85. The summed E-state index contributed by atoms with van der Waals surface area (Å²) in [7, 11) is 0. The highest BCUT2D eigenvalue weighted by molar-refractivity contribution is 6.03. The summed E-state index contributed by atoms with van der Waals surface area (Å²) in [5.41, 5.74) is 0.842. The molecule has 0 saturated carbocycles. The molecule has 2 heterocycles. The van der Waals surface area contributed by atoms with Crippen molar-refractivity contribution in [2.45, 2.75) is 50.3 Å². The van der Waals surface area contributed by atoms with Crippen molar-refractivity contribution in [3.63, 3.8) is 0 Å². The Balaban J connectivity index is 1.92. The number of epoxide rings is 1. The fraction of sp³-hybridized carbons (Fsp3) is 0.750. The molecule has 17 heavy (non-hydrogen) atoms. The van der Waals surface area contributed by atoms with E-state index >= 15 is 0 Å². The Morgan fingerprint density at radius 1 is 1.35 bits per heavy atom. The molecule has 5 heteroatoms. The van der Waals surface area contributed by atoms with Crippen LogP contribution >= 0.6 is 0 Å². The lowest BCUT2D eigenvalue weighted by Gasteiger charge is -2.35. The van der Waals surface area contributed by atoms with Crippen molar-refractivity contribution in [1.29, 1.82) is 0 Å². The smallest absolute Gasteiger partial charge is 0.192 e. The highest BCUT2D eigenvalue weighted by Gasteiger charge is 2.58. The summed E-state index contributed by atoms with van der Waals surface area (Å²) in [6.07, 6.45) is -1.42. The number of rotatable bonds is 2. The highest BCUT2D eigenvalue weighted by Crippen LogP contribution is 2.41. The van der Waals surface area contributed by atoms with Crippen molar-refractivity contribution in [1.82, 2.24) is 0 Å². The monoisotopic (exact) mass is 240 g/mol. The van der Waals surface area contributed by atoms with Crippen molar-refractivity contribution >= 4 is 5.78 Å². The number of hydrogen-bond donors (Lipinski definition) is 2. The standard InChI is InChI=1S/C12H16O5/c1-2-3-6-9(14)7-5(4-16-6)8(13)11-12(17-11)10(7)15/h6,9-12,14-15H,2-4H2,1H3/t6-,9-,10-,11-,12+/m1/s1. The topological polar surface area (TPSA) is 79.3 Å². The molecular formula is C12H16O5. The van der Waals surface area contributed by atoms with Crippen LogP contribution in [0.25, 0.3) is 0 Å². The molecule has 0 aromatic carbocycles. The van der Waals surface area contributed by atoms with Crippen LogP contribution < -0.4 is 0 Å². The average molecular weight is 240 g/mol. The van der Waals surface area contributed by atoms with Crippen molar-refractivity contribution < 1.29 is 24.5 Å². The maximum absolute atomic E-state index is 11.9. The number of fused-ring (bicyclic) bond motifs is 1. The largest absolute Gasteiger partial charge is 0.386 e. The molecule has 94 valence electrons. The summed E-state index contributed by atoms with van der Waals surface area (Å²) < 4.78 is 10.6. The predicted molar refractivity (Wildman–Crippen MR) is 57.4 cm³/mol. The normalized spacial score (nSPS) is 44.4. The molecule has 1 fully saturated rings. The molecule has 5 atom stereocenters. The third kappa shape index (κ3) is 1.57. The molecule has 0 aromatic rings. The number of Topliss-reactive ketones (excluding diaryl/α,β-unsaturated/α-hetero) is 1. The number of aliphatic hydroxyl groups excluding tert-OH is 2. The number of carbonyl (C=O) groups is 1. The quantitative estimate of drug-likeness (QED) is 0.639. The van der Waals surface area contributed by atoms with E-state index in [0.29, 0.717) is 17.6 Å². The van der Waals surface area contributed by atoms with Gasteiger partial charge in [-0.05, 0) is 6.42 Å². The van der Waals surface area contributed by atoms with E-state index < -0.39 is 24.4 Å². The first kappa shape index (κ1) is 11.3. The Kier molecular flexibility index (Phi) is 2.59. The van der Waals surface area contributed by atoms with E-state index in [9.17, 15) is 15.0 Å². The van der Waals surface area contributed by atoms with E-state index in [1.807, 2.05) is 6.92 Å². The molecular weight excluding hydrogens is 224 g/mol. The molecule has 2 N–H and O–H groups in total. The first-order chi connectivity index (χ1) is 8.15. The molecule has 5 nitrogen and oxygen atoms in total. The van der Waals surface area contributed by atoms with Gasteiger partial charge in [0.2, 0.25) is 0 Å². The van der Waals surface area contributed by atoms with E-state index in [2.05, 4.69) is 0 Å². The maximum Gasteiger partial charge on any atom is 0.192 e. The minimum atomic E-state index is -0.886. The number of aliphatic hydroxyl groups is 2. The molecule has 2 aliphatic heterocycles. The molecule has 3 rings (SSSR count). The van der Waals surface area contributed by atoms with E-state index in [1.54, 1.807) is 0 Å². The van der Waals surface area contributed by atoms with Crippen LogP contribution in [-0.2, 0) is 14.3 Å². The molecule has 1 saturated heterocycles. The lowest BCUT2D eigenvalue weighted by atomic mass is 9.82. The van der Waals surface area contributed by atoms with Crippen molar-refractivity contribution in [3.8, 4) is 0 Å². The highest BCUT2D eigenvalue weighted by atomic mass is 16.6. The second-order valence-electron chi connectivity index (χ2n) is 4.85. The van der Waals surface area contributed by atoms with Crippen LogP contribution in [0.3, 0.4) is 0 Å². The minimum Gasteiger partial charge on any atom is -0.386 e. The fourth-order valence-electron chi connectivity index (χ4n) is 2.76. The van der Waals surface area contributed by atoms with Crippen LogP contribution in [0.1, 0.15) is 19.8 Å². The zero-order valence-electron chi connectivity index (χ0n) is 9.63. The van der Waals surface area contributed by atoms with Gasteiger partial charge in [-0.3, -0.25) is 4.79 Å². The Bertz CT molecular complexity index is 388. The van der Waals surface area contributed by atoms with Crippen molar-refractivity contribution in [2.24, 2.45) is 0 Å². The Morgan fingerprint density at radius 3 is 2.82 bits per heavy atom. The second kappa shape index (κ2) is 3.88. The Hall–Kier alpha value is -0.750. The van der Waals surface area contributed by atoms with Crippen LogP contribution in [0.15, 0.2) is 11.1 Å². The molecule has 0 unspecified atom stereocenters. The van der Waals surface area contributed by atoms with Gasteiger partial charge in [0.25, 0.3) is 0 Å². The number of carbonyl (C=O) groups excluding carboxylic acids is 1. The van der Waals surface area contributed by atoms with Gasteiger partial charge in [-0.2, -0.15) is 0 Å². The molecule has 0 radical (unpaired) electrons. The predicted octanol–water partition coefficient (Wildman–Crippen LogP) is -0.446. The Morgan fingerprint density at radius 2 is 2.12 bits per heavy atom. The fourth-order valence-corrected chi connectivity index (χ4v) is 2.76. The zero-order valence-corrected chi connectivity index (χ0v) is 9.63. The molecule has 0 spiro atoms. The lowest BCUT2D eigenvalue weighted by Crippen LogP contribution is -2.46. The van der Waals surface area contributed by atoms with E-state index in [1.165, 1.54) is 0 Å². The number of ether oxygens (including phenoxy) is 2. The van der Waals surface area contributed by atoms with Crippen LogP contribution in [0.5, 0.6) is 0 Å². The van der Waals surface area contributed by atoms with Gasteiger partial charge in [-0.1, -0.05) is 13.3 Å². The van der Waals surface area contributed by atoms with E-state index in [4.69, 9.17) is 9.47 Å². The Labute approximate surface area is 99.0 Å². The first-order valence-corrected chi connectivity index (χ1v) is 6.05. The van der Waals surface area contributed by atoms with Crippen molar-refractivity contribution in [2.75, 3.05) is 6.61 Å². The van der Waals surface area contributed by atoms with Crippen LogP contribution in [-0.4, -0.2) is 53.1 Å². The van der Waals surface area contributed by atoms with E-state index in [0.717, 1.165) is 6.42 Å². The molecule has 1 aliphatic carbocycles. The summed E-state index contributed by atoms with van der Waals surface area (Å²) in [5.74, 6) is -0.135. The first-order valence-electron chi connectivity index (χ1n) is 6.05. The average Bonchev–Trinajstić information content (AvgIpc) is 3.09. The molecule has 0 aromatic heterocycles. The van der Waals surface area contributed by atoms with Gasteiger partial charge in [-0.25, -0.2) is 0 Å². The summed E-state index contributed by atoms with van der Waals surface area (Å²) in [4.78, 5) is 11.9. The third-order valence-corrected chi connectivity index (χ3v) is 3.75. The van der Waals surface area contributed by atoms with Gasteiger partial charge in [0.15, 0.2) is 5.78 Å². The lowest BCUT2D eigenvalue weighted by molar-refractivity contribution is -0.120. The summed E-state index contributed by atoms with van der Waals surface area (Å²) in [5, 5.41) is 20.2. The van der Waals surface area contributed by atoms with E-state index in [-0.39, 0.29) is 18.5 Å². The summed E-state index contributed by atoms with van der Waals surface area (Å²) >= 11 is 0. The van der Waals surface area contributed by atoms with Gasteiger partial charge in [-0.15, -0.1) is 0 Å². The van der Waals surface area contributed by atoms with Gasteiger partial charge in [0.1, 0.15) is 24.4 Å². The van der Waals surface area contributed by atoms with Crippen LogP contribution in [0.2, 0.25) is 0 Å². The minimum absolute atomic E-state index is 0.135. The van der Waals surface area contributed by atoms with Crippen LogP contribution in [0.4, 0.5) is 0 Å². The number of hydrogen-bond acceptors (Lipinski definition) is 5. The van der Waals surface area contributed by atoms with Gasteiger partial charge >= 0.3 is 0 Å². The SMILES string of the molecule is CCC[C@H]1OCC2=C([C@@H](O)[C@@H]3O[C@@H]3C2=O)[C@@H]1O. The summed E-state index contributed by atoms with van der Waals surface area (Å²) in [6, 6.07) is 0. The molecule has 0 amide bonds. The van der Waals surface area contributed by atoms with Gasteiger partial charge in [0, 0.05) is 11.1 Å². The molecule has 0 bridgehead atoms. The van der Waals surface area contributed by atoms with Crippen LogP contribution in [0, 0.1) is 0 Å². The third-order valence-electron chi connectivity index (χ3n) is 3.75. The number of ketones is 1. The van der Waals surface area contributed by atoms with Crippen molar-refractivity contribution in [3.05, 3.63) is 11.1 Å². The summed E-state index contributed by atoms with van der Waals surface area (Å²) in [6.45, 7) is 2.18. The maximum atomic E-state index is 11.9. The van der Waals surface area contributed by atoms with Gasteiger partial charge < -0.3 is 19.7 Å².